The van der Waals surface area contributed by atoms with E-state index >= 15 is 0 Å². The first-order chi connectivity index (χ1) is 3.98. The van der Waals surface area contributed by atoms with E-state index in [1.54, 1.807) is 0 Å². The van der Waals surface area contributed by atoms with Crippen molar-refractivity contribution in [2.45, 2.75) is 13.3 Å². The molecule has 0 N–H and O–H groups in total. The summed E-state index contributed by atoms with van der Waals surface area (Å²) in [7, 11) is 1.85. The lowest BCUT2D eigenvalue weighted by Crippen LogP contribution is -2.09. The number of halogens is 2. The highest BCUT2D eigenvalue weighted by Crippen LogP contribution is 2.59. The van der Waals surface area contributed by atoms with Gasteiger partial charge in [0.15, 0.2) is 4.89 Å². The molecule has 0 unspecified atom stereocenters. The van der Waals surface area contributed by atoms with E-state index in [9.17, 15) is 0 Å². The number of hydrogen-bond donors (Lipinski definition) is 0. The van der Waals surface area contributed by atoms with Gasteiger partial charge in [0.25, 0.3) is 0 Å². The van der Waals surface area contributed by atoms with Crippen LogP contribution in [0.5, 0.6) is 0 Å². The highest BCUT2D eigenvalue weighted by molar-refractivity contribution is 8.37. The maximum atomic E-state index is 5.68. The standard InChI is InChI=1S/C4H10Cl2NPS/c1-3-4-7(2)8(5,6)9/h3-4H2,1-2H3. The Morgan fingerprint density at radius 3 is 2.11 bits per heavy atom. The molecule has 0 aliphatic rings. The summed E-state index contributed by atoms with van der Waals surface area (Å²) in [5.41, 5.74) is 0. The lowest BCUT2D eigenvalue weighted by atomic mass is 10.5. The van der Waals surface area contributed by atoms with Gasteiger partial charge in [-0.15, -0.1) is 0 Å². The van der Waals surface area contributed by atoms with Gasteiger partial charge in [-0.3, -0.25) is 4.67 Å². The molecule has 0 amide bonds. The highest BCUT2D eigenvalue weighted by atomic mass is 35.9. The maximum absolute atomic E-state index is 5.68. The molecular formula is C4H10Cl2NPS. The predicted octanol–water partition coefficient (Wildman–Crippen LogP) is 3.03. The maximum Gasteiger partial charge on any atom is 0.183 e. The van der Waals surface area contributed by atoms with Gasteiger partial charge in [-0.1, -0.05) is 29.4 Å². The molecule has 0 aromatic carbocycles. The molecule has 0 atom stereocenters. The van der Waals surface area contributed by atoms with Crippen LogP contribution in [0.4, 0.5) is 0 Å². The molecule has 0 saturated carbocycles. The minimum absolute atomic E-state index is 0.879. The lowest BCUT2D eigenvalue weighted by Gasteiger charge is -2.18. The van der Waals surface area contributed by atoms with Gasteiger partial charge in [-0.25, -0.2) is 0 Å². The largest absolute Gasteiger partial charge is 0.255 e. The van der Waals surface area contributed by atoms with E-state index in [0.717, 1.165) is 13.0 Å². The highest BCUT2D eigenvalue weighted by Gasteiger charge is 2.13. The zero-order valence-electron chi connectivity index (χ0n) is 5.47. The van der Waals surface area contributed by atoms with E-state index in [1.807, 2.05) is 11.7 Å². The second kappa shape index (κ2) is 4.15. The fourth-order valence-electron chi connectivity index (χ4n) is 0.440. The summed E-state index contributed by atoms with van der Waals surface area (Å²) < 4.78 is 1.82. The van der Waals surface area contributed by atoms with Gasteiger partial charge in [-0.2, -0.15) is 0 Å². The van der Waals surface area contributed by atoms with Gasteiger partial charge in [0, 0.05) is 6.54 Å². The zero-order chi connectivity index (χ0) is 7.49. The van der Waals surface area contributed by atoms with Gasteiger partial charge in [0.1, 0.15) is 0 Å². The third-order valence-electron chi connectivity index (χ3n) is 0.945. The molecule has 0 heterocycles. The van der Waals surface area contributed by atoms with E-state index in [2.05, 4.69) is 6.92 Å². The molecule has 5 heteroatoms. The summed E-state index contributed by atoms with van der Waals surface area (Å²) in [6.07, 6.45) is 1.04. The number of nitrogens with zero attached hydrogens (tertiary/aromatic N) is 1. The van der Waals surface area contributed by atoms with Crippen LogP contribution < -0.4 is 0 Å². The Morgan fingerprint density at radius 2 is 2.00 bits per heavy atom. The fraction of sp³-hybridized carbons (Fsp3) is 1.00. The average Bonchev–Trinajstić information content (AvgIpc) is 1.64. The molecule has 1 nitrogen and oxygen atoms in total. The molecule has 0 aliphatic carbocycles. The Bertz CT molecular complexity index is 124. The van der Waals surface area contributed by atoms with Crippen molar-refractivity contribution in [1.82, 2.24) is 4.67 Å². The predicted molar refractivity (Wildman–Crippen MR) is 48.9 cm³/mol. The summed E-state index contributed by atoms with van der Waals surface area (Å²) in [6, 6.07) is 0. The van der Waals surface area contributed by atoms with Crippen LogP contribution in [0.2, 0.25) is 0 Å². The normalized spacial score (nSPS) is 12.6. The molecule has 0 aromatic heterocycles. The van der Waals surface area contributed by atoms with E-state index < -0.39 is 4.89 Å². The van der Waals surface area contributed by atoms with E-state index in [1.165, 1.54) is 0 Å². The molecule has 0 aliphatic heterocycles. The Balaban J connectivity index is 3.74. The SMILES string of the molecule is CCCN(C)P(=S)(Cl)Cl. The van der Waals surface area contributed by atoms with Crippen molar-refractivity contribution in [2.75, 3.05) is 13.6 Å². The van der Waals surface area contributed by atoms with Crippen LogP contribution in [0.3, 0.4) is 0 Å². The molecule has 0 fully saturated rings. The van der Waals surface area contributed by atoms with E-state index in [4.69, 9.17) is 34.3 Å². The summed E-state index contributed by atoms with van der Waals surface area (Å²) >= 11 is 16.2. The molecule has 0 saturated heterocycles. The molecule has 0 spiro atoms. The summed E-state index contributed by atoms with van der Waals surface area (Å²) in [6.45, 7) is 2.94. The van der Waals surface area contributed by atoms with Crippen molar-refractivity contribution in [3.05, 3.63) is 0 Å². The minimum Gasteiger partial charge on any atom is -0.255 e. The molecule has 0 aromatic rings. The number of rotatable bonds is 3. The van der Waals surface area contributed by atoms with Crippen LogP contribution in [0.25, 0.3) is 0 Å². The van der Waals surface area contributed by atoms with E-state index in [-0.39, 0.29) is 0 Å². The molecule has 56 valence electrons. The van der Waals surface area contributed by atoms with Crippen molar-refractivity contribution in [2.24, 2.45) is 0 Å². The van der Waals surface area contributed by atoms with Gasteiger partial charge in [-0.05, 0) is 25.3 Å². The molecule has 0 rings (SSSR count). The van der Waals surface area contributed by atoms with Crippen molar-refractivity contribution in [3.8, 4) is 0 Å². The van der Waals surface area contributed by atoms with Crippen LogP contribution in [0.1, 0.15) is 13.3 Å². The second-order valence-electron chi connectivity index (χ2n) is 1.82. The van der Waals surface area contributed by atoms with Gasteiger partial charge >= 0.3 is 0 Å². The Hall–Kier alpha value is 1.19. The Labute approximate surface area is 71.0 Å². The van der Waals surface area contributed by atoms with Crippen LogP contribution in [0, 0.1) is 0 Å². The number of hydrogen-bond acceptors (Lipinski definition) is 1. The molecule has 9 heavy (non-hydrogen) atoms. The summed E-state index contributed by atoms with van der Waals surface area (Å²) in [4.78, 5) is -2.16. The van der Waals surface area contributed by atoms with Crippen LogP contribution in [0.15, 0.2) is 0 Å². The van der Waals surface area contributed by atoms with Crippen molar-refractivity contribution < 1.29 is 0 Å². The van der Waals surface area contributed by atoms with Crippen LogP contribution in [-0.2, 0) is 11.8 Å². The fourth-order valence-corrected chi connectivity index (χ4v) is 1.57. The van der Waals surface area contributed by atoms with Crippen molar-refractivity contribution in [3.63, 3.8) is 0 Å². The topological polar surface area (TPSA) is 3.24 Å². The van der Waals surface area contributed by atoms with Crippen molar-refractivity contribution in [1.29, 1.82) is 0 Å². The monoisotopic (exact) mass is 205 g/mol. The summed E-state index contributed by atoms with van der Waals surface area (Å²) in [5.74, 6) is 0. The molecular weight excluding hydrogens is 196 g/mol. The first-order valence-electron chi connectivity index (χ1n) is 2.69. The van der Waals surface area contributed by atoms with Crippen LogP contribution in [-0.4, -0.2) is 18.3 Å². The molecule has 0 radical (unpaired) electrons. The Morgan fingerprint density at radius 1 is 1.56 bits per heavy atom. The van der Waals surface area contributed by atoms with E-state index in [0.29, 0.717) is 0 Å². The smallest absolute Gasteiger partial charge is 0.183 e. The van der Waals surface area contributed by atoms with Gasteiger partial charge < -0.3 is 0 Å². The third-order valence-corrected chi connectivity index (χ3v) is 4.32. The quantitative estimate of drug-likeness (QED) is 0.653. The minimum atomic E-state index is -2.16. The molecule has 0 bridgehead atoms. The lowest BCUT2D eigenvalue weighted by molar-refractivity contribution is 0.553. The second-order valence-corrected chi connectivity index (χ2v) is 9.61. The zero-order valence-corrected chi connectivity index (χ0v) is 8.70. The summed E-state index contributed by atoms with van der Waals surface area (Å²) in [5, 5.41) is 0. The van der Waals surface area contributed by atoms with Gasteiger partial charge in [0.05, 0.1) is 0 Å². The first-order valence-corrected chi connectivity index (χ1v) is 7.26. The van der Waals surface area contributed by atoms with Crippen LogP contribution >= 0.6 is 27.4 Å². The Kier molecular flexibility index (Phi) is 4.70. The van der Waals surface area contributed by atoms with Gasteiger partial charge in [0.2, 0.25) is 0 Å². The average molecular weight is 206 g/mol. The third kappa shape index (κ3) is 4.58. The van der Waals surface area contributed by atoms with Crippen molar-refractivity contribution >= 4 is 39.2 Å². The first kappa shape index (κ1) is 10.2.